The number of amides is 1. The van der Waals surface area contributed by atoms with Crippen LogP contribution in [0.4, 0.5) is 10.1 Å². The first-order valence-corrected chi connectivity index (χ1v) is 11.1. The zero-order valence-electron chi connectivity index (χ0n) is 18.7. The molecule has 1 amide bonds. The molecule has 2 N–H and O–H groups in total. The van der Waals surface area contributed by atoms with Crippen LogP contribution in [-0.4, -0.2) is 52.9 Å². The van der Waals surface area contributed by atoms with Crippen molar-refractivity contribution in [1.29, 1.82) is 0 Å². The second-order valence-corrected chi connectivity index (χ2v) is 9.27. The number of nitrogens with one attached hydrogen (secondary N) is 1. The molecule has 2 heterocycles. The first kappa shape index (κ1) is 22.9. The van der Waals surface area contributed by atoms with E-state index in [9.17, 15) is 19.1 Å². The van der Waals surface area contributed by atoms with E-state index in [2.05, 4.69) is 4.98 Å². The molecule has 1 aromatic heterocycles. The number of aromatic nitrogens is 1. The fraction of sp³-hybridized carbons (Fsp3) is 0.280. The van der Waals surface area contributed by atoms with Crippen LogP contribution in [0.2, 0.25) is 0 Å². The molecular formula is C25H25ClFN3O3. The maximum Gasteiger partial charge on any atom is 0.339 e. The average molecular weight is 470 g/mol. The molecule has 0 radical (unpaired) electrons. The molecule has 1 aliphatic heterocycles. The Morgan fingerprint density at radius 1 is 1.21 bits per heavy atom. The van der Waals surface area contributed by atoms with Crippen LogP contribution in [0, 0.1) is 5.82 Å². The summed E-state index contributed by atoms with van der Waals surface area (Å²) in [6.07, 6.45) is 1.37. The van der Waals surface area contributed by atoms with Gasteiger partial charge in [0.25, 0.3) is 5.91 Å². The number of halogens is 2. The lowest BCUT2D eigenvalue weighted by atomic mass is 9.81. The van der Waals surface area contributed by atoms with E-state index in [1.165, 1.54) is 35.4 Å². The molecule has 1 aliphatic rings. The summed E-state index contributed by atoms with van der Waals surface area (Å²) in [4.78, 5) is 32.2. The summed E-state index contributed by atoms with van der Waals surface area (Å²) in [6.45, 7) is 4.90. The molecule has 0 saturated carbocycles. The smallest absolute Gasteiger partial charge is 0.339 e. The summed E-state index contributed by atoms with van der Waals surface area (Å²) in [6, 6.07) is 11.2. The van der Waals surface area contributed by atoms with Crippen molar-refractivity contribution >= 4 is 45.6 Å². The van der Waals surface area contributed by atoms with Crippen molar-refractivity contribution in [3.8, 4) is 0 Å². The zero-order valence-corrected chi connectivity index (χ0v) is 19.4. The number of fused-ring (bicyclic) bond motifs is 3. The highest BCUT2D eigenvalue weighted by atomic mass is 35.5. The number of rotatable bonds is 5. The first-order chi connectivity index (χ1) is 15.6. The van der Waals surface area contributed by atoms with Gasteiger partial charge in [-0.25, -0.2) is 9.18 Å². The minimum absolute atomic E-state index is 0.00194. The standard InChI is InChI=1S/C25H25ClFN3O3/c1-25(2)14-30(23(31)15-4-6-16(27)7-5-15)13-19(24(32)33)22-21(25)18-9-8-17(12-20(18)28-22)29(3)11-10-26/h4-9,12-13,28H,10-11,14H2,1-3H3,(H,32,33). The molecule has 0 spiro atoms. The fourth-order valence-electron chi connectivity index (χ4n) is 4.41. The Kier molecular flexibility index (Phi) is 5.93. The summed E-state index contributed by atoms with van der Waals surface area (Å²) in [7, 11) is 1.95. The number of alkyl halides is 1. The molecule has 0 aliphatic carbocycles. The summed E-state index contributed by atoms with van der Waals surface area (Å²) in [5, 5.41) is 10.9. The lowest BCUT2D eigenvalue weighted by Gasteiger charge is -2.29. The molecule has 33 heavy (non-hydrogen) atoms. The predicted octanol–water partition coefficient (Wildman–Crippen LogP) is 4.84. The van der Waals surface area contributed by atoms with Crippen LogP contribution < -0.4 is 4.90 Å². The molecule has 0 unspecified atom stereocenters. The van der Waals surface area contributed by atoms with Crippen LogP contribution in [0.15, 0.2) is 48.7 Å². The van der Waals surface area contributed by atoms with Crippen LogP contribution >= 0.6 is 11.6 Å². The third-order valence-electron chi connectivity index (χ3n) is 6.02. The van der Waals surface area contributed by atoms with Gasteiger partial charge in [0.15, 0.2) is 0 Å². The Labute approximate surface area is 196 Å². The zero-order chi connectivity index (χ0) is 23.9. The number of benzene rings is 2. The lowest BCUT2D eigenvalue weighted by molar-refractivity contribution is -0.130. The highest BCUT2D eigenvalue weighted by Crippen LogP contribution is 2.41. The number of aliphatic carboxylic acids is 1. The van der Waals surface area contributed by atoms with Gasteiger partial charge in [-0.3, -0.25) is 4.79 Å². The normalized spacial score (nSPS) is 15.1. The number of carboxylic acid groups (broad SMARTS) is 1. The third-order valence-corrected chi connectivity index (χ3v) is 6.19. The van der Waals surface area contributed by atoms with E-state index in [1.807, 2.05) is 44.0 Å². The van der Waals surface area contributed by atoms with Gasteiger partial charge < -0.3 is 19.9 Å². The molecule has 3 aromatic rings. The second kappa shape index (κ2) is 8.56. The van der Waals surface area contributed by atoms with Crippen molar-refractivity contribution in [2.24, 2.45) is 0 Å². The summed E-state index contributed by atoms with van der Waals surface area (Å²) < 4.78 is 13.3. The van der Waals surface area contributed by atoms with Gasteiger partial charge in [0.2, 0.25) is 0 Å². The average Bonchev–Trinajstić information content (AvgIpc) is 3.10. The molecule has 172 valence electrons. The quantitative estimate of drug-likeness (QED) is 0.524. The highest BCUT2D eigenvalue weighted by molar-refractivity contribution is 6.18. The molecule has 0 saturated heterocycles. The lowest BCUT2D eigenvalue weighted by Crippen LogP contribution is -2.36. The predicted molar refractivity (Wildman–Crippen MR) is 128 cm³/mol. The topological polar surface area (TPSA) is 76.6 Å². The number of anilines is 1. The number of carbonyl (C=O) groups excluding carboxylic acids is 1. The Morgan fingerprint density at radius 2 is 1.91 bits per heavy atom. The van der Waals surface area contributed by atoms with Gasteiger partial charge in [-0.2, -0.15) is 0 Å². The maximum atomic E-state index is 13.3. The summed E-state index contributed by atoms with van der Waals surface area (Å²) in [5.74, 6) is -1.48. The largest absolute Gasteiger partial charge is 0.478 e. The minimum atomic E-state index is -1.14. The Hall–Kier alpha value is -3.32. The number of aromatic amines is 1. The monoisotopic (exact) mass is 469 g/mol. The Morgan fingerprint density at radius 3 is 2.55 bits per heavy atom. The van der Waals surface area contributed by atoms with Crippen LogP contribution in [0.1, 0.15) is 35.5 Å². The number of carboxylic acids is 1. The van der Waals surface area contributed by atoms with Gasteiger partial charge in [-0.1, -0.05) is 19.9 Å². The molecule has 0 fully saturated rings. The number of hydrogen-bond acceptors (Lipinski definition) is 3. The van der Waals surface area contributed by atoms with E-state index in [0.29, 0.717) is 18.1 Å². The number of carbonyl (C=O) groups is 2. The van der Waals surface area contributed by atoms with Gasteiger partial charge in [0.05, 0.1) is 11.3 Å². The van der Waals surface area contributed by atoms with E-state index in [4.69, 9.17) is 11.6 Å². The number of H-pyrrole nitrogens is 1. The van der Waals surface area contributed by atoms with E-state index in [-0.39, 0.29) is 23.6 Å². The van der Waals surface area contributed by atoms with Crippen molar-refractivity contribution in [1.82, 2.24) is 9.88 Å². The third kappa shape index (κ3) is 4.20. The van der Waals surface area contributed by atoms with Crippen LogP contribution in [0.25, 0.3) is 16.5 Å². The van der Waals surface area contributed by atoms with Crippen molar-refractivity contribution in [2.75, 3.05) is 30.9 Å². The van der Waals surface area contributed by atoms with Crippen molar-refractivity contribution < 1.29 is 19.1 Å². The Balaban J connectivity index is 1.84. The van der Waals surface area contributed by atoms with Gasteiger partial charge in [-0.05, 0) is 42.0 Å². The van der Waals surface area contributed by atoms with Gasteiger partial charge in [0, 0.05) is 59.8 Å². The van der Waals surface area contributed by atoms with Crippen LogP contribution in [-0.2, 0) is 10.2 Å². The molecular weight excluding hydrogens is 445 g/mol. The van der Waals surface area contributed by atoms with Gasteiger partial charge in [-0.15, -0.1) is 11.6 Å². The van der Waals surface area contributed by atoms with E-state index < -0.39 is 17.2 Å². The van der Waals surface area contributed by atoms with Crippen LogP contribution in [0.5, 0.6) is 0 Å². The minimum Gasteiger partial charge on any atom is -0.478 e. The van der Waals surface area contributed by atoms with E-state index in [1.54, 1.807) is 0 Å². The molecule has 4 rings (SSSR count). The van der Waals surface area contributed by atoms with Gasteiger partial charge in [0.1, 0.15) is 5.82 Å². The second-order valence-electron chi connectivity index (χ2n) is 8.89. The van der Waals surface area contributed by atoms with E-state index >= 15 is 0 Å². The SMILES string of the molecule is CN(CCCl)c1ccc2c3c([nH]c2c1)C(C(=O)O)=CN(C(=O)c1ccc(F)cc1)CC3(C)C. The molecule has 0 atom stereocenters. The van der Waals surface area contributed by atoms with Gasteiger partial charge >= 0.3 is 5.97 Å². The van der Waals surface area contributed by atoms with E-state index in [0.717, 1.165) is 22.2 Å². The van der Waals surface area contributed by atoms with Crippen molar-refractivity contribution in [2.45, 2.75) is 19.3 Å². The first-order valence-electron chi connectivity index (χ1n) is 10.6. The summed E-state index contributed by atoms with van der Waals surface area (Å²) >= 11 is 5.87. The van der Waals surface area contributed by atoms with Crippen molar-refractivity contribution in [3.63, 3.8) is 0 Å². The Bertz CT molecular complexity index is 1260. The molecule has 8 heteroatoms. The molecule has 6 nitrogen and oxygen atoms in total. The molecule has 0 bridgehead atoms. The highest BCUT2D eigenvalue weighted by Gasteiger charge is 2.37. The fourth-order valence-corrected chi connectivity index (χ4v) is 4.66. The summed E-state index contributed by atoms with van der Waals surface area (Å²) in [5.41, 5.74) is 2.82. The maximum absolute atomic E-state index is 13.3. The molecule has 2 aromatic carbocycles. The number of hydrogen-bond donors (Lipinski definition) is 2. The van der Waals surface area contributed by atoms with Crippen LogP contribution in [0.3, 0.4) is 0 Å². The van der Waals surface area contributed by atoms with Crippen molar-refractivity contribution in [3.05, 3.63) is 71.3 Å². The number of nitrogens with zero attached hydrogens (tertiary/aromatic N) is 2.